The number of amides is 2. The van der Waals surface area contributed by atoms with E-state index in [1.807, 2.05) is 19.1 Å². The number of esters is 1. The van der Waals surface area contributed by atoms with Crippen LogP contribution in [0.1, 0.15) is 50.5 Å². The molecule has 6 nitrogen and oxygen atoms in total. The van der Waals surface area contributed by atoms with Gasteiger partial charge in [0, 0.05) is 5.56 Å². The average molecular weight is 365 g/mol. The van der Waals surface area contributed by atoms with Crippen molar-refractivity contribution in [3.05, 3.63) is 70.8 Å². The maximum atomic E-state index is 12.4. The van der Waals surface area contributed by atoms with Gasteiger partial charge >= 0.3 is 5.97 Å². The molecule has 1 atom stereocenters. The first-order valence-corrected chi connectivity index (χ1v) is 8.69. The molecule has 1 aliphatic rings. The highest BCUT2D eigenvalue weighted by atomic mass is 16.5. The molecule has 0 saturated heterocycles. The predicted octanol–water partition coefficient (Wildman–Crippen LogP) is 2.66. The lowest BCUT2D eigenvalue weighted by Gasteiger charge is -2.20. The first kappa shape index (κ1) is 18.5. The van der Waals surface area contributed by atoms with Crippen LogP contribution in [0.15, 0.2) is 48.5 Å². The van der Waals surface area contributed by atoms with E-state index in [4.69, 9.17) is 4.74 Å². The van der Waals surface area contributed by atoms with E-state index in [0.29, 0.717) is 5.56 Å². The Balaban J connectivity index is 1.63. The van der Waals surface area contributed by atoms with Gasteiger partial charge in [0.05, 0.1) is 11.1 Å². The molecule has 0 bridgehead atoms. The molecule has 138 valence electrons. The number of rotatable bonds is 6. The van der Waals surface area contributed by atoms with Gasteiger partial charge in [-0.1, -0.05) is 43.3 Å². The van der Waals surface area contributed by atoms with Crippen LogP contribution in [-0.4, -0.2) is 41.1 Å². The van der Waals surface area contributed by atoms with E-state index in [0.717, 1.165) is 16.9 Å². The third kappa shape index (κ3) is 3.51. The molecule has 0 aromatic heterocycles. The standard InChI is InChI=1S/C21H19NO5/c1-3-14-8-10-15(11-9-14)18(23)12-27-21(26)13(2)22-19(24)16-6-4-5-7-17(16)20(22)25/h4-11,13H,3,12H2,1-2H3/t13-/m1/s1. The minimum atomic E-state index is -1.12. The van der Waals surface area contributed by atoms with Crippen LogP contribution in [0.25, 0.3) is 0 Å². The molecule has 1 aliphatic heterocycles. The molecule has 27 heavy (non-hydrogen) atoms. The van der Waals surface area contributed by atoms with Crippen molar-refractivity contribution in [3.8, 4) is 0 Å². The quantitative estimate of drug-likeness (QED) is 0.447. The number of aryl methyl sites for hydroxylation is 1. The molecule has 1 heterocycles. The zero-order valence-corrected chi connectivity index (χ0v) is 15.1. The third-order valence-corrected chi connectivity index (χ3v) is 4.58. The van der Waals surface area contributed by atoms with Crippen LogP contribution in [0, 0.1) is 0 Å². The van der Waals surface area contributed by atoms with Crippen molar-refractivity contribution in [2.75, 3.05) is 6.61 Å². The summed E-state index contributed by atoms with van der Waals surface area (Å²) in [7, 11) is 0. The second-order valence-electron chi connectivity index (χ2n) is 6.28. The number of carbonyl (C=O) groups excluding carboxylic acids is 4. The van der Waals surface area contributed by atoms with Crippen molar-refractivity contribution < 1.29 is 23.9 Å². The summed E-state index contributed by atoms with van der Waals surface area (Å²) in [6.07, 6.45) is 0.862. The van der Waals surface area contributed by atoms with E-state index in [1.165, 1.54) is 19.1 Å². The molecule has 2 aromatic rings. The van der Waals surface area contributed by atoms with Gasteiger partial charge in [0.25, 0.3) is 11.8 Å². The lowest BCUT2D eigenvalue weighted by molar-refractivity contribution is -0.146. The fourth-order valence-corrected chi connectivity index (χ4v) is 2.93. The Morgan fingerprint density at radius 2 is 1.52 bits per heavy atom. The minimum absolute atomic E-state index is 0.259. The Bertz CT molecular complexity index is 881. The second kappa shape index (κ2) is 7.53. The summed E-state index contributed by atoms with van der Waals surface area (Å²) in [5.41, 5.74) is 2.06. The molecule has 2 aromatic carbocycles. The van der Waals surface area contributed by atoms with Crippen molar-refractivity contribution in [1.29, 1.82) is 0 Å². The van der Waals surface area contributed by atoms with Crippen molar-refractivity contribution >= 4 is 23.6 Å². The number of ketones is 1. The van der Waals surface area contributed by atoms with E-state index >= 15 is 0 Å². The van der Waals surface area contributed by atoms with Gasteiger partial charge in [0.1, 0.15) is 6.04 Å². The highest BCUT2D eigenvalue weighted by Gasteiger charge is 2.41. The number of imide groups is 1. The number of nitrogens with zero attached hydrogens (tertiary/aromatic N) is 1. The molecule has 0 N–H and O–H groups in total. The normalized spacial score (nSPS) is 14.1. The summed E-state index contributed by atoms with van der Waals surface area (Å²) in [6.45, 7) is 2.97. The molecule has 0 fully saturated rings. The molecule has 2 amide bonds. The van der Waals surface area contributed by atoms with Crippen LogP contribution < -0.4 is 0 Å². The van der Waals surface area contributed by atoms with Gasteiger partial charge in [-0.15, -0.1) is 0 Å². The molecule has 6 heteroatoms. The second-order valence-corrected chi connectivity index (χ2v) is 6.28. The summed E-state index contributed by atoms with van der Waals surface area (Å²) in [5, 5.41) is 0. The van der Waals surface area contributed by atoms with E-state index < -0.39 is 30.4 Å². The zero-order chi connectivity index (χ0) is 19.6. The van der Waals surface area contributed by atoms with Crippen LogP contribution >= 0.6 is 0 Å². The van der Waals surface area contributed by atoms with Crippen LogP contribution in [0.2, 0.25) is 0 Å². The Hall–Kier alpha value is -3.28. The van der Waals surface area contributed by atoms with Gasteiger partial charge < -0.3 is 4.74 Å². The monoisotopic (exact) mass is 365 g/mol. The molecular weight excluding hydrogens is 346 g/mol. The Morgan fingerprint density at radius 1 is 0.963 bits per heavy atom. The summed E-state index contributed by atoms with van der Waals surface area (Å²) < 4.78 is 5.05. The first-order chi connectivity index (χ1) is 12.9. The molecule has 0 radical (unpaired) electrons. The van der Waals surface area contributed by atoms with Gasteiger partial charge in [-0.05, 0) is 31.0 Å². The Labute approximate surface area is 156 Å². The van der Waals surface area contributed by atoms with E-state index in [-0.39, 0.29) is 16.9 Å². The molecule has 0 aliphatic carbocycles. The van der Waals surface area contributed by atoms with Crippen LogP contribution in [0.5, 0.6) is 0 Å². The SMILES string of the molecule is CCc1ccc(C(=O)COC(=O)[C@@H](C)N2C(=O)c3ccccc3C2=O)cc1. The fourth-order valence-electron chi connectivity index (χ4n) is 2.93. The van der Waals surface area contributed by atoms with Crippen LogP contribution in [0.3, 0.4) is 0 Å². The number of ether oxygens (including phenoxy) is 1. The number of hydrogen-bond acceptors (Lipinski definition) is 5. The van der Waals surface area contributed by atoms with Crippen molar-refractivity contribution in [1.82, 2.24) is 4.90 Å². The maximum absolute atomic E-state index is 12.4. The number of fused-ring (bicyclic) bond motifs is 1. The zero-order valence-electron chi connectivity index (χ0n) is 15.1. The van der Waals surface area contributed by atoms with Gasteiger partial charge in [-0.2, -0.15) is 0 Å². The van der Waals surface area contributed by atoms with E-state index in [2.05, 4.69) is 0 Å². The molecular formula is C21H19NO5. The highest BCUT2D eigenvalue weighted by molar-refractivity contribution is 6.22. The highest BCUT2D eigenvalue weighted by Crippen LogP contribution is 2.24. The van der Waals surface area contributed by atoms with E-state index in [9.17, 15) is 19.2 Å². The van der Waals surface area contributed by atoms with Gasteiger partial charge in [-0.25, -0.2) is 4.79 Å². The van der Waals surface area contributed by atoms with Gasteiger partial charge in [-0.3, -0.25) is 19.3 Å². The van der Waals surface area contributed by atoms with Crippen LogP contribution in [0.4, 0.5) is 0 Å². The largest absolute Gasteiger partial charge is 0.456 e. The number of hydrogen-bond donors (Lipinski definition) is 0. The Kier molecular flexibility index (Phi) is 5.16. The number of benzene rings is 2. The molecule has 0 spiro atoms. The fraction of sp³-hybridized carbons (Fsp3) is 0.238. The summed E-state index contributed by atoms with van der Waals surface area (Å²) in [6, 6.07) is 12.3. The number of Topliss-reactive ketones (excluding diaryl/α,β-unsaturated/α-hetero) is 1. The van der Waals surface area contributed by atoms with Crippen molar-refractivity contribution in [2.24, 2.45) is 0 Å². The lowest BCUT2D eigenvalue weighted by atomic mass is 10.1. The smallest absolute Gasteiger partial charge is 0.329 e. The topological polar surface area (TPSA) is 80.8 Å². The maximum Gasteiger partial charge on any atom is 0.329 e. The molecule has 3 rings (SSSR count). The summed E-state index contributed by atoms with van der Waals surface area (Å²) in [5.74, 6) is -2.23. The first-order valence-electron chi connectivity index (χ1n) is 8.69. The van der Waals surface area contributed by atoms with E-state index in [1.54, 1.807) is 24.3 Å². The lowest BCUT2D eigenvalue weighted by Crippen LogP contribution is -2.44. The summed E-state index contributed by atoms with van der Waals surface area (Å²) in [4.78, 5) is 50.1. The van der Waals surface area contributed by atoms with Crippen LogP contribution in [-0.2, 0) is 16.0 Å². The molecule has 0 unspecified atom stereocenters. The Morgan fingerprint density at radius 3 is 2.04 bits per heavy atom. The number of carbonyl (C=O) groups is 4. The van der Waals surface area contributed by atoms with Crippen molar-refractivity contribution in [2.45, 2.75) is 26.3 Å². The van der Waals surface area contributed by atoms with Crippen molar-refractivity contribution in [3.63, 3.8) is 0 Å². The predicted molar refractivity (Wildman–Crippen MR) is 97.5 cm³/mol. The minimum Gasteiger partial charge on any atom is -0.456 e. The van der Waals surface area contributed by atoms with Gasteiger partial charge in [0.15, 0.2) is 12.4 Å². The average Bonchev–Trinajstić information content (AvgIpc) is 2.96. The molecule has 0 saturated carbocycles. The third-order valence-electron chi connectivity index (χ3n) is 4.58. The van der Waals surface area contributed by atoms with Gasteiger partial charge in [0.2, 0.25) is 0 Å². The summed E-state index contributed by atoms with van der Waals surface area (Å²) >= 11 is 0.